The Labute approximate surface area is 78.5 Å². The first kappa shape index (κ1) is 12.8. The van der Waals surface area contributed by atoms with Gasteiger partial charge in [-0.15, -0.1) is 0 Å². The van der Waals surface area contributed by atoms with Crippen molar-refractivity contribution in [2.24, 2.45) is 0 Å². The molecular weight excluding hydrogens is 218 g/mol. The summed E-state index contributed by atoms with van der Waals surface area (Å²) in [6.07, 6.45) is 1.89. The van der Waals surface area contributed by atoms with E-state index in [1.54, 1.807) is 0 Å². The van der Waals surface area contributed by atoms with Crippen LogP contribution in [0.1, 0.15) is 6.92 Å². The summed E-state index contributed by atoms with van der Waals surface area (Å²) in [7, 11) is -6.83. The highest BCUT2D eigenvalue weighted by molar-refractivity contribution is 7.88. The molecule has 80 valence electrons. The molecule has 0 aromatic rings. The van der Waals surface area contributed by atoms with E-state index in [4.69, 9.17) is 0 Å². The van der Waals surface area contributed by atoms with Crippen LogP contribution in [0.3, 0.4) is 0 Å². The van der Waals surface area contributed by atoms with Crippen LogP contribution in [0.4, 0.5) is 0 Å². The molecule has 0 radical (unpaired) electrons. The Balaban J connectivity index is 3.98. The van der Waals surface area contributed by atoms with Gasteiger partial charge in [0.15, 0.2) is 0 Å². The van der Waals surface area contributed by atoms with Crippen molar-refractivity contribution in [3.8, 4) is 0 Å². The van der Waals surface area contributed by atoms with E-state index in [1.165, 1.54) is 6.92 Å². The standard InChI is InChI=1S/C5H13NO5S2/c1-5(6-12(2,7)8)4-11-13(3,9)10/h5-6H,4H2,1-3H3. The van der Waals surface area contributed by atoms with Crippen molar-refractivity contribution in [2.45, 2.75) is 13.0 Å². The maximum Gasteiger partial charge on any atom is 0.264 e. The van der Waals surface area contributed by atoms with E-state index in [9.17, 15) is 16.8 Å². The normalized spacial score (nSPS) is 15.6. The van der Waals surface area contributed by atoms with E-state index in [1.807, 2.05) is 0 Å². The van der Waals surface area contributed by atoms with Crippen LogP contribution in [0.2, 0.25) is 0 Å². The second-order valence-corrected chi connectivity index (χ2v) is 6.20. The maximum atomic E-state index is 10.7. The molecule has 1 unspecified atom stereocenters. The Bertz CT molecular complexity index is 343. The first-order valence-corrected chi connectivity index (χ1v) is 7.12. The third-order valence-corrected chi connectivity index (χ3v) is 2.34. The summed E-state index contributed by atoms with van der Waals surface area (Å²) >= 11 is 0. The molecule has 1 atom stereocenters. The minimum Gasteiger partial charge on any atom is -0.269 e. The van der Waals surface area contributed by atoms with Crippen molar-refractivity contribution < 1.29 is 21.0 Å². The third kappa shape index (κ3) is 9.74. The van der Waals surface area contributed by atoms with Gasteiger partial charge < -0.3 is 0 Å². The van der Waals surface area contributed by atoms with Crippen LogP contribution in [-0.2, 0) is 24.3 Å². The summed E-state index contributed by atoms with van der Waals surface area (Å²) in [5.41, 5.74) is 0. The van der Waals surface area contributed by atoms with Gasteiger partial charge in [-0.2, -0.15) is 8.42 Å². The highest BCUT2D eigenvalue weighted by atomic mass is 32.2. The van der Waals surface area contributed by atoms with Crippen molar-refractivity contribution in [2.75, 3.05) is 19.1 Å². The molecule has 0 spiro atoms. The molecule has 0 fully saturated rings. The van der Waals surface area contributed by atoms with Gasteiger partial charge in [0.1, 0.15) is 0 Å². The Kier molecular flexibility index (Phi) is 4.30. The molecule has 0 saturated heterocycles. The second kappa shape index (κ2) is 4.36. The molecule has 0 aliphatic carbocycles. The zero-order valence-corrected chi connectivity index (χ0v) is 9.28. The Morgan fingerprint density at radius 2 is 1.69 bits per heavy atom. The van der Waals surface area contributed by atoms with E-state index in [0.717, 1.165) is 12.5 Å². The van der Waals surface area contributed by atoms with Crippen LogP contribution >= 0.6 is 0 Å². The summed E-state index contributed by atoms with van der Waals surface area (Å²) < 4.78 is 48.9. The molecule has 0 heterocycles. The third-order valence-electron chi connectivity index (χ3n) is 0.947. The van der Waals surface area contributed by atoms with Crippen LogP contribution in [0.25, 0.3) is 0 Å². The van der Waals surface area contributed by atoms with Gasteiger partial charge in [0, 0.05) is 6.04 Å². The molecule has 0 saturated carbocycles. The minimum atomic E-state index is -3.51. The van der Waals surface area contributed by atoms with Gasteiger partial charge in [0.2, 0.25) is 10.0 Å². The Morgan fingerprint density at radius 1 is 1.23 bits per heavy atom. The summed E-state index contributed by atoms with van der Waals surface area (Å²) in [6, 6.07) is -0.565. The lowest BCUT2D eigenvalue weighted by Crippen LogP contribution is -2.35. The lowest BCUT2D eigenvalue weighted by Gasteiger charge is -2.10. The van der Waals surface area contributed by atoms with E-state index in [0.29, 0.717) is 0 Å². The number of hydrogen-bond donors (Lipinski definition) is 1. The van der Waals surface area contributed by atoms with E-state index in [-0.39, 0.29) is 6.61 Å². The first-order valence-electron chi connectivity index (χ1n) is 3.42. The zero-order chi connectivity index (χ0) is 10.7. The molecule has 0 bridgehead atoms. The highest BCUT2D eigenvalue weighted by Crippen LogP contribution is 1.92. The molecule has 13 heavy (non-hydrogen) atoms. The second-order valence-electron chi connectivity index (χ2n) is 2.78. The molecule has 0 aromatic heterocycles. The van der Waals surface area contributed by atoms with Crippen molar-refractivity contribution >= 4 is 20.1 Å². The van der Waals surface area contributed by atoms with Crippen LogP contribution in [0, 0.1) is 0 Å². The van der Waals surface area contributed by atoms with E-state index in [2.05, 4.69) is 8.91 Å². The minimum absolute atomic E-state index is 0.202. The molecule has 0 rings (SSSR count). The van der Waals surface area contributed by atoms with Gasteiger partial charge in [-0.3, -0.25) is 4.18 Å². The summed E-state index contributed by atoms with van der Waals surface area (Å²) in [4.78, 5) is 0. The lowest BCUT2D eigenvalue weighted by molar-refractivity contribution is 0.293. The smallest absolute Gasteiger partial charge is 0.264 e. The number of hydrogen-bond acceptors (Lipinski definition) is 5. The van der Waals surface area contributed by atoms with Gasteiger partial charge in [-0.05, 0) is 6.92 Å². The van der Waals surface area contributed by atoms with Crippen molar-refractivity contribution in [3.63, 3.8) is 0 Å². The molecule has 8 heteroatoms. The molecule has 6 nitrogen and oxygen atoms in total. The van der Waals surface area contributed by atoms with Crippen LogP contribution < -0.4 is 4.72 Å². The fourth-order valence-electron chi connectivity index (χ4n) is 0.625. The van der Waals surface area contributed by atoms with Gasteiger partial charge in [-0.25, -0.2) is 13.1 Å². The maximum absolute atomic E-state index is 10.7. The number of rotatable bonds is 5. The fraction of sp³-hybridized carbons (Fsp3) is 1.00. The van der Waals surface area contributed by atoms with E-state index < -0.39 is 26.2 Å². The van der Waals surface area contributed by atoms with Crippen molar-refractivity contribution in [3.05, 3.63) is 0 Å². The number of nitrogens with one attached hydrogen (secondary N) is 1. The van der Waals surface area contributed by atoms with Gasteiger partial charge in [0.25, 0.3) is 10.1 Å². The fourth-order valence-corrected chi connectivity index (χ4v) is 1.88. The van der Waals surface area contributed by atoms with Crippen LogP contribution in [-0.4, -0.2) is 42.0 Å². The average Bonchev–Trinajstić information content (AvgIpc) is 1.78. The van der Waals surface area contributed by atoms with Crippen molar-refractivity contribution in [1.29, 1.82) is 0 Å². The summed E-state index contributed by atoms with van der Waals surface area (Å²) in [6.45, 7) is 1.30. The zero-order valence-electron chi connectivity index (χ0n) is 7.64. The van der Waals surface area contributed by atoms with Crippen LogP contribution in [0.15, 0.2) is 0 Å². The lowest BCUT2D eigenvalue weighted by atomic mass is 10.4. The summed E-state index contributed by atoms with van der Waals surface area (Å²) in [5, 5.41) is 0. The van der Waals surface area contributed by atoms with Gasteiger partial charge in [0.05, 0.1) is 19.1 Å². The predicted octanol–water partition coefficient (Wildman–Crippen LogP) is -1.10. The SMILES string of the molecule is CC(COS(C)(=O)=O)NS(C)(=O)=O. The largest absolute Gasteiger partial charge is 0.269 e. The quantitative estimate of drug-likeness (QED) is 0.607. The van der Waals surface area contributed by atoms with Crippen molar-refractivity contribution in [1.82, 2.24) is 4.72 Å². The Morgan fingerprint density at radius 3 is 2.00 bits per heavy atom. The molecule has 0 aromatic carbocycles. The van der Waals surface area contributed by atoms with Crippen LogP contribution in [0.5, 0.6) is 0 Å². The molecule has 1 N–H and O–H groups in total. The number of sulfonamides is 1. The van der Waals surface area contributed by atoms with Gasteiger partial charge >= 0.3 is 0 Å². The first-order chi connectivity index (χ1) is 5.60. The topological polar surface area (TPSA) is 89.5 Å². The van der Waals surface area contributed by atoms with E-state index >= 15 is 0 Å². The molecule has 0 aliphatic heterocycles. The Hall–Kier alpha value is -0.180. The average molecular weight is 231 g/mol. The predicted molar refractivity (Wildman–Crippen MR) is 48.2 cm³/mol. The molecule has 0 amide bonds. The highest BCUT2D eigenvalue weighted by Gasteiger charge is 2.11. The van der Waals surface area contributed by atoms with Gasteiger partial charge in [-0.1, -0.05) is 0 Å². The molecule has 0 aliphatic rings. The molecular formula is C5H13NO5S2. The monoisotopic (exact) mass is 231 g/mol. The summed E-state index contributed by atoms with van der Waals surface area (Å²) in [5.74, 6) is 0.